The number of phosphoric ester groups is 1. The van der Waals surface area contributed by atoms with Crippen LogP contribution in [0.5, 0.6) is 0 Å². The van der Waals surface area contributed by atoms with Crippen molar-refractivity contribution in [3.05, 3.63) is 146 Å². The van der Waals surface area contributed by atoms with Gasteiger partial charge in [-0.3, -0.25) is 18.6 Å². The van der Waals surface area contributed by atoms with Crippen molar-refractivity contribution >= 4 is 19.8 Å². The first kappa shape index (κ1) is 69.9. The Morgan fingerprint density at radius 1 is 0.432 bits per heavy atom. The molecule has 0 rings (SSSR count). The lowest BCUT2D eigenvalue weighted by atomic mass is 10.1. The molecule has 0 saturated heterocycles. The predicted molar refractivity (Wildman–Crippen MR) is 316 cm³/mol. The Morgan fingerprint density at radius 2 is 0.770 bits per heavy atom. The summed E-state index contributed by atoms with van der Waals surface area (Å²) >= 11 is 0. The number of esters is 2. The van der Waals surface area contributed by atoms with Crippen LogP contribution in [0.4, 0.5) is 0 Å². The summed E-state index contributed by atoms with van der Waals surface area (Å²) in [5.74, 6) is -0.864. The second-order valence-corrected chi connectivity index (χ2v) is 21.0. The molecule has 0 aromatic heterocycles. The smallest absolute Gasteiger partial charge is 0.462 e. The predicted octanol–water partition coefficient (Wildman–Crippen LogP) is 17.9. The average molecular weight is 1050 g/mol. The van der Waals surface area contributed by atoms with Crippen molar-refractivity contribution in [3.8, 4) is 0 Å². The van der Waals surface area contributed by atoms with E-state index >= 15 is 0 Å². The van der Waals surface area contributed by atoms with Gasteiger partial charge in [-0.25, -0.2) is 4.57 Å². The second kappa shape index (κ2) is 53.7. The van der Waals surface area contributed by atoms with E-state index in [-0.39, 0.29) is 26.1 Å². The molecule has 0 aliphatic carbocycles. The van der Waals surface area contributed by atoms with Gasteiger partial charge < -0.3 is 18.9 Å². The van der Waals surface area contributed by atoms with E-state index < -0.39 is 32.5 Å². The fourth-order valence-corrected chi connectivity index (χ4v) is 7.69. The number of allylic oxidation sites excluding steroid dienone is 24. The molecule has 418 valence electrons. The van der Waals surface area contributed by atoms with Crippen molar-refractivity contribution in [1.29, 1.82) is 0 Å². The number of unbranched alkanes of at least 4 members (excludes halogenated alkanes) is 12. The van der Waals surface area contributed by atoms with Gasteiger partial charge in [-0.2, -0.15) is 0 Å². The summed E-state index contributed by atoms with van der Waals surface area (Å²) < 4.78 is 34.5. The molecule has 9 nitrogen and oxygen atoms in total. The third kappa shape index (κ3) is 57.2. The zero-order chi connectivity index (χ0) is 54.2. The molecule has 0 aliphatic rings. The molecule has 2 unspecified atom stereocenters. The van der Waals surface area contributed by atoms with Crippen molar-refractivity contribution < 1.29 is 42.1 Å². The summed E-state index contributed by atoms with van der Waals surface area (Å²) in [6.07, 6.45) is 79.1. The van der Waals surface area contributed by atoms with Crippen molar-refractivity contribution in [3.63, 3.8) is 0 Å². The number of carbonyl (C=O) groups excluding carboxylic acids is 2. The zero-order valence-corrected chi connectivity index (χ0v) is 48.2. The molecule has 0 amide bonds. The molecule has 0 aliphatic heterocycles. The van der Waals surface area contributed by atoms with Crippen LogP contribution < -0.4 is 0 Å². The molecule has 0 spiro atoms. The summed E-state index contributed by atoms with van der Waals surface area (Å²) in [5.41, 5.74) is 0. The Morgan fingerprint density at radius 3 is 1.16 bits per heavy atom. The highest BCUT2D eigenvalue weighted by atomic mass is 31.2. The molecular formula is C64H105NO8P+. The van der Waals surface area contributed by atoms with Crippen LogP contribution >= 0.6 is 7.82 Å². The van der Waals surface area contributed by atoms with Crippen LogP contribution in [0.3, 0.4) is 0 Å². The van der Waals surface area contributed by atoms with Crippen molar-refractivity contribution in [2.75, 3.05) is 47.5 Å². The van der Waals surface area contributed by atoms with Gasteiger partial charge in [-0.15, -0.1) is 0 Å². The van der Waals surface area contributed by atoms with Crippen LogP contribution in [-0.4, -0.2) is 74.9 Å². The number of carbonyl (C=O) groups is 2. The van der Waals surface area contributed by atoms with E-state index in [4.69, 9.17) is 18.5 Å². The highest BCUT2D eigenvalue weighted by Crippen LogP contribution is 2.43. The molecule has 0 aromatic carbocycles. The van der Waals surface area contributed by atoms with Crippen molar-refractivity contribution in [2.45, 2.75) is 200 Å². The van der Waals surface area contributed by atoms with Crippen LogP contribution in [-0.2, 0) is 32.7 Å². The lowest BCUT2D eigenvalue weighted by Crippen LogP contribution is -2.37. The maximum absolute atomic E-state index is 12.8. The Labute approximate surface area is 453 Å². The first-order valence-corrected chi connectivity index (χ1v) is 30.1. The summed E-state index contributed by atoms with van der Waals surface area (Å²) in [7, 11) is 1.42. The van der Waals surface area contributed by atoms with Gasteiger partial charge in [0.05, 0.1) is 27.7 Å². The molecule has 1 N–H and O–H groups in total. The average Bonchev–Trinajstić information content (AvgIpc) is 3.36. The van der Waals surface area contributed by atoms with Crippen molar-refractivity contribution in [2.24, 2.45) is 0 Å². The molecule has 10 heteroatoms. The largest absolute Gasteiger partial charge is 0.472 e. The fraction of sp³-hybridized carbons (Fsp3) is 0.594. The normalized spacial score (nSPS) is 14.4. The minimum absolute atomic E-state index is 0.0136. The fourth-order valence-electron chi connectivity index (χ4n) is 6.95. The Balaban J connectivity index is 4.33. The molecule has 0 bridgehead atoms. The Bertz CT molecular complexity index is 1760. The lowest BCUT2D eigenvalue weighted by Gasteiger charge is -2.24. The first-order chi connectivity index (χ1) is 36.0. The molecule has 0 saturated carbocycles. The summed E-state index contributed by atoms with van der Waals surface area (Å²) in [4.78, 5) is 35.7. The Kier molecular flexibility index (Phi) is 50.7. The van der Waals surface area contributed by atoms with E-state index in [9.17, 15) is 19.0 Å². The van der Waals surface area contributed by atoms with E-state index in [1.165, 1.54) is 25.7 Å². The second-order valence-electron chi connectivity index (χ2n) is 19.6. The number of phosphoric acid groups is 1. The van der Waals surface area contributed by atoms with Gasteiger partial charge in [0, 0.05) is 12.8 Å². The van der Waals surface area contributed by atoms with E-state index in [2.05, 4.69) is 160 Å². The molecule has 0 aromatic rings. The van der Waals surface area contributed by atoms with Gasteiger partial charge >= 0.3 is 19.8 Å². The first-order valence-electron chi connectivity index (χ1n) is 28.6. The summed E-state index contributed by atoms with van der Waals surface area (Å²) in [6.45, 7) is 4.21. The number of likely N-dealkylation sites (N-methyl/N-ethyl adjacent to an activating group) is 1. The van der Waals surface area contributed by atoms with Gasteiger partial charge in [0.25, 0.3) is 0 Å². The number of hydrogen-bond donors (Lipinski definition) is 1. The number of ether oxygens (including phenoxy) is 2. The molecule has 74 heavy (non-hydrogen) atoms. The van der Waals surface area contributed by atoms with Crippen LogP contribution in [0.2, 0.25) is 0 Å². The van der Waals surface area contributed by atoms with Crippen LogP contribution in [0, 0.1) is 0 Å². The van der Waals surface area contributed by atoms with Crippen LogP contribution in [0.1, 0.15) is 194 Å². The standard InChI is InChI=1S/C64H104NO8P/c1-6-8-10-12-14-16-18-20-22-24-26-27-28-29-30-31-32-33-34-35-36-37-39-41-43-45-47-49-51-53-55-57-64(67)73-62(61-72-74(68,69)71-59-58-65(3,4)5)60-70-63(66)56-54-52-50-48-46-44-42-40-38-25-23-21-19-17-15-13-11-9-7-2/h8,10,14-17,20-23,26-27,29-30,32-33,35-36,38-41,45,47,62H,6-7,9,11-13,18-19,24-25,28,31,34,37,42-44,46,48-61H2,1-5H3/p+1/b10-8-,16-14-,17-15-,22-20-,23-21-,27-26-,30-29-,33-32-,36-35-,40-38-,41-39-,47-45-. The zero-order valence-electron chi connectivity index (χ0n) is 47.3. The van der Waals surface area contributed by atoms with Crippen molar-refractivity contribution in [1.82, 2.24) is 0 Å². The van der Waals surface area contributed by atoms with Crippen LogP contribution in [0.25, 0.3) is 0 Å². The SMILES string of the molecule is CC/C=C\C/C=C\C/C=C\C/C=C\C/C=C\C/C=C\C/C=C\C/C=C\C/C=C\CCCCCC(=O)OC(COC(=O)CCCCCCCC/C=C\C/C=C\C/C=C\CCCCC)COP(=O)(O)OCC[N+](C)(C)C. The number of quaternary nitrogens is 1. The topological polar surface area (TPSA) is 108 Å². The highest BCUT2D eigenvalue weighted by molar-refractivity contribution is 7.47. The third-order valence-electron chi connectivity index (χ3n) is 11.4. The molecule has 0 fully saturated rings. The lowest BCUT2D eigenvalue weighted by molar-refractivity contribution is -0.870. The maximum Gasteiger partial charge on any atom is 0.472 e. The molecule has 0 radical (unpaired) electrons. The molecule has 2 atom stereocenters. The number of hydrogen-bond acceptors (Lipinski definition) is 7. The van der Waals surface area contributed by atoms with E-state index in [1.807, 2.05) is 21.1 Å². The third-order valence-corrected chi connectivity index (χ3v) is 12.3. The quantitative estimate of drug-likeness (QED) is 0.0211. The van der Waals surface area contributed by atoms with E-state index in [0.29, 0.717) is 23.9 Å². The highest BCUT2D eigenvalue weighted by Gasteiger charge is 2.27. The van der Waals surface area contributed by atoms with Gasteiger partial charge in [0.2, 0.25) is 0 Å². The summed E-state index contributed by atoms with van der Waals surface area (Å²) in [5, 5.41) is 0. The monoisotopic (exact) mass is 1050 g/mol. The maximum atomic E-state index is 12.8. The van der Waals surface area contributed by atoms with Gasteiger partial charge in [-0.1, -0.05) is 205 Å². The van der Waals surface area contributed by atoms with Crippen LogP contribution in [0.15, 0.2) is 146 Å². The molecule has 0 heterocycles. The number of nitrogens with zero attached hydrogens (tertiary/aromatic N) is 1. The van der Waals surface area contributed by atoms with Gasteiger partial charge in [0.15, 0.2) is 6.10 Å². The van der Waals surface area contributed by atoms with E-state index in [1.54, 1.807) is 0 Å². The number of rotatable bonds is 50. The Hall–Kier alpha value is -4.11. The van der Waals surface area contributed by atoms with E-state index in [0.717, 1.165) is 128 Å². The summed E-state index contributed by atoms with van der Waals surface area (Å²) in [6, 6.07) is 0. The minimum Gasteiger partial charge on any atom is -0.462 e. The van der Waals surface area contributed by atoms with Gasteiger partial charge in [-0.05, 0) is 122 Å². The minimum atomic E-state index is -4.41. The van der Waals surface area contributed by atoms with Gasteiger partial charge in [0.1, 0.15) is 19.8 Å². The molecular weight excluding hydrogens is 942 g/mol.